The number of carbonyl (C=O) groups is 2. The number of nitrogens with zero attached hydrogens (tertiary/aromatic N) is 2. The number of likely N-dealkylation sites (tertiary alicyclic amines) is 1. The number of likely N-dealkylation sites (N-methyl/N-ethyl adjacent to an activating group) is 1. The van der Waals surface area contributed by atoms with Crippen molar-refractivity contribution < 1.29 is 18.7 Å². The largest absolute Gasteiger partial charge is 0.377 e. The number of amides is 2. The van der Waals surface area contributed by atoms with Crippen molar-refractivity contribution >= 4 is 17.5 Å². The van der Waals surface area contributed by atoms with Crippen LogP contribution in [0.25, 0.3) is 0 Å². The Balaban J connectivity index is 1.77. The minimum atomic E-state index is -0.411. The van der Waals surface area contributed by atoms with E-state index in [9.17, 15) is 14.0 Å². The molecule has 0 unspecified atom stereocenters. The molecule has 26 heavy (non-hydrogen) atoms. The first kappa shape index (κ1) is 20.3. The quantitative estimate of drug-likeness (QED) is 0.804. The number of carbonyl (C=O) groups excluding carboxylic acids is 2. The van der Waals surface area contributed by atoms with Gasteiger partial charge >= 0.3 is 0 Å². The van der Waals surface area contributed by atoms with Crippen molar-refractivity contribution in [3.05, 3.63) is 30.1 Å². The molecule has 1 N–H and O–H groups in total. The number of halogens is 1. The van der Waals surface area contributed by atoms with E-state index in [0.29, 0.717) is 18.8 Å². The summed E-state index contributed by atoms with van der Waals surface area (Å²) in [5.41, 5.74) is 0.184. The molecule has 0 bridgehead atoms. The van der Waals surface area contributed by atoms with Crippen molar-refractivity contribution in [2.24, 2.45) is 0 Å². The summed E-state index contributed by atoms with van der Waals surface area (Å²) in [7, 11) is 5.74. The minimum absolute atomic E-state index is 0.0334. The van der Waals surface area contributed by atoms with Gasteiger partial charge in [0.25, 0.3) is 0 Å². The van der Waals surface area contributed by atoms with E-state index in [4.69, 9.17) is 4.74 Å². The number of rotatable bonds is 7. The zero-order chi connectivity index (χ0) is 19.2. The van der Waals surface area contributed by atoms with Gasteiger partial charge in [-0.15, -0.1) is 0 Å². The zero-order valence-electron chi connectivity index (χ0n) is 15.8. The summed E-state index contributed by atoms with van der Waals surface area (Å²) < 4.78 is 18.8. The number of anilines is 1. The third-order valence-electron chi connectivity index (χ3n) is 4.74. The predicted molar refractivity (Wildman–Crippen MR) is 98.4 cm³/mol. The molecule has 0 spiro atoms. The van der Waals surface area contributed by atoms with Gasteiger partial charge in [-0.1, -0.05) is 6.07 Å². The van der Waals surface area contributed by atoms with E-state index in [-0.39, 0.29) is 30.3 Å². The number of methoxy groups -OCH3 is 1. The van der Waals surface area contributed by atoms with Crippen molar-refractivity contribution in [2.75, 3.05) is 46.2 Å². The van der Waals surface area contributed by atoms with Crippen molar-refractivity contribution in [1.29, 1.82) is 0 Å². The lowest BCUT2D eigenvalue weighted by Crippen LogP contribution is -2.52. The number of piperidine rings is 1. The summed E-state index contributed by atoms with van der Waals surface area (Å²) in [6, 6.07) is 5.70. The fraction of sp³-hybridized carbons (Fsp3) is 0.579. The van der Waals surface area contributed by atoms with Gasteiger partial charge in [-0.25, -0.2) is 4.39 Å². The van der Waals surface area contributed by atoms with E-state index in [2.05, 4.69) is 10.2 Å². The summed E-state index contributed by atoms with van der Waals surface area (Å²) in [6.07, 6.45) is 1.79. The molecule has 1 aliphatic rings. The van der Waals surface area contributed by atoms with Gasteiger partial charge in [0.05, 0.1) is 5.60 Å². The Hall–Kier alpha value is -1.99. The average Bonchev–Trinajstić information content (AvgIpc) is 2.60. The standard InChI is InChI=1S/C19H28FN3O3/c1-22(2)14-19(26-3)9-11-23(12-10-19)18(25)8-7-17(24)21-16-6-4-5-15(20)13-16/h4-6,13H,7-12,14H2,1-3H3,(H,21,24). The van der Waals surface area contributed by atoms with Gasteiger partial charge in [0.1, 0.15) is 5.82 Å². The highest BCUT2D eigenvalue weighted by molar-refractivity contribution is 5.93. The normalized spacial score (nSPS) is 16.6. The highest BCUT2D eigenvalue weighted by Gasteiger charge is 2.36. The molecule has 0 saturated carbocycles. The summed E-state index contributed by atoms with van der Waals surface area (Å²) in [5, 5.41) is 2.61. The molecule has 7 heteroatoms. The second-order valence-corrected chi connectivity index (χ2v) is 7.06. The number of nitrogens with one attached hydrogen (secondary N) is 1. The molecule has 2 amide bonds. The number of benzene rings is 1. The van der Waals surface area contributed by atoms with E-state index < -0.39 is 5.82 Å². The second kappa shape index (κ2) is 9.09. The fourth-order valence-corrected chi connectivity index (χ4v) is 3.34. The monoisotopic (exact) mass is 365 g/mol. The Morgan fingerprint density at radius 1 is 1.27 bits per heavy atom. The van der Waals surface area contributed by atoms with Crippen LogP contribution in [0, 0.1) is 5.82 Å². The first-order valence-electron chi connectivity index (χ1n) is 8.87. The lowest BCUT2D eigenvalue weighted by atomic mass is 9.90. The minimum Gasteiger partial charge on any atom is -0.377 e. The first-order valence-corrected chi connectivity index (χ1v) is 8.87. The topological polar surface area (TPSA) is 61.9 Å². The maximum absolute atomic E-state index is 13.1. The molecular formula is C19H28FN3O3. The maximum atomic E-state index is 13.1. The third kappa shape index (κ3) is 5.78. The molecule has 0 aromatic heterocycles. The molecule has 6 nitrogen and oxygen atoms in total. The molecule has 2 rings (SSSR count). The fourth-order valence-electron chi connectivity index (χ4n) is 3.34. The Bertz CT molecular complexity index is 628. The number of hydrogen-bond acceptors (Lipinski definition) is 4. The average molecular weight is 365 g/mol. The zero-order valence-corrected chi connectivity index (χ0v) is 15.8. The van der Waals surface area contributed by atoms with Crippen LogP contribution in [0.2, 0.25) is 0 Å². The summed E-state index contributed by atoms with van der Waals surface area (Å²) in [5.74, 6) is -0.736. The molecule has 0 atom stereocenters. The lowest BCUT2D eigenvalue weighted by molar-refractivity contribution is -0.138. The SMILES string of the molecule is COC1(CN(C)C)CCN(C(=O)CCC(=O)Nc2cccc(F)c2)CC1. The smallest absolute Gasteiger partial charge is 0.224 e. The molecule has 1 aromatic carbocycles. The van der Waals surface area contributed by atoms with Crippen LogP contribution < -0.4 is 5.32 Å². The van der Waals surface area contributed by atoms with Crippen molar-refractivity contribution in [3.63, 3.8) is 0 Å². The number of ether oxygens (including phenoxy) is 1. The summed E-state index contributed by atoms with van der Waals surface area (Å²) >= 11 is 0. The molecule has 1 aliphatic heterocycles. The Morgan fingerprint density at radius 3 is 2.54 bits per heavy atom. The molecule has 1 saturated heterocycles. The van der Waals surface area contributed by atoms with Crippen LogP contribution in [0.1, 0.15) is 25.7 Å². The van der Waals surface area contributed by atoms with E-state index in [0.717, 1.165) is 19.4 Å². The summed E-state index contributed by atoms with van der Waals surface area (Å²) in [4.78, 5) is 28.2. The lowest BCUT2D eigenvalue weighted by Gasteiger charge is -2.42. The summed E-state index contributed by atoms with van der Waals surface area (Å²) in [6.45, 7) is 2.08. The van der Waals surface area contributed by atoms with Crippen LogP contribution in [-0.2, 0) is 14.3 Å². The molecule has 1 heterocycles. The molecule has 1 aromatic rings. The highest BCUT2D eigenvalue weighted by Crippen LogP contribution is 2.27. The van der Waals surface area contributed by atoms with E-state index in [1.165, 1.54) is 18.2 Å². The van der Waals surface area contributed by atoms with Crippen LogP contribution in [0.3, 0.4) is 0 Å². The molecule has 0 aliphatic carbocycles. The predicted octanol–water partition coefficient (Wildman–Crippen LogP) is 2.11. The van der Waals surface area contributed by atoms with Crippen molar-refractivity contribution in [3.8, 4) is 0 Å². The Labute approximate surface area is 154 Å². The van der Waals surface area contributed by atoms with Crippen LogP contribution in [0.5, 0.6) is 0 Å². The third-order valence-corrected chi connectivity index (χ3v) is 4.74. The van der Waals surface area contributed by atoms with Crippen LogP contribution >= 0.6 is 0 Å². The van der Waals surface area contributed by atoms with Crippen molar-refractivity contribution in [2.45, 2.75) is 31.3 Å². The van der Waals surface area contributed by atoms with Crippen molar-refractivity contribution in [1.82, 2.24) is 9.80 Å². The van der Waals surface area contributed by atoms with Gasteiger partial charge in [-0.3, -0.25) is 9.59 Å². The molecule has 1 fully saturated rings. The first-order chi connectivity index (χ1) is 12.3. The molecule has 0 radical (unpaired) electrons. The van der Waals surface area contributed by atoms with Gasteiger partial charge in [-0.2, -0.15) is 0 Å². The highest BCUT2D eigenvalue weighted by atomic mass is 19.1. The van der Waals surface area contributed by atoms with Gasteiger partial charge in [0.2, 0.25) is 11.8 Å². The van der Waals surface area contributed by atoms with Gasteiger partial charge in [0, 0.05) is 45.3 Å². The Kier molecular flexibility index (Phi) is 7.11. The van der Waals surface area contributed by atoms with Crippen LogP contribution in [-0.4, -0.2) is 68.1 Å². The molecular weight excluding hydrogens is 337 g/mol. The van der Waals surface area contributed by atoms with E-state index in [1.54, 1.807) is 18.1 Å². The van der Waals surface area contributed by atoms with Crippen LogP contribution in [0.4, 0.5) is 10.1 Å². The van der Waals surface area contributed by atoms with Crippen LogP contribution in [0.15, 0.2) is 24.3 Å². The van der Waals surface area contributed by atoms with Gasteiger partial charge in [-0.05, 0) is 45.1 Å². The van der Waals surface area contributed by atoms with Gasteiger partial charge < -0.3 is 19.9 Å². The van der Waals surface area contributed by atoms with E-state index >= 15 is 0 Å². The molecule has 144 valence electrons. The number of hydrogen-bond donors (Lipinski definition) is 1. The van der Waals surface area contributed by atoms with E-state index in [1.807, 2.05) is 14.1 Å². The maximum Gasteiger partial charge on any atom is 0.224 e. The Morgan fingerprint density at radius 2 is 1.96 bits per heavy atom. The van der Waals surface area contributed by atoms with Gasteiger partial charge in [0.15, 0.2) is 0 Å². The second-order valence-electron chi connectivity index (χ2n) is 7.06.